The van der Waals surface area contributed by atoms with Gasteiger partial charge in [-0.2, -0.15) is 4.98 Å². The first kappa shape index (κ1) is 30.9. The minimum absolute atomic E-state index is 0.0387. The highest BCUT2D eigenvalue weighted by molar-refractivity contribution is 7.92. The zero-order valence-electron chi connectivity index (χ0n) is 25.6. The number of aromatic nitrogens is 4. The fourth-order valence-electron chi connectivity index (χ4n) is 5.10. The number of sulfonamides is 1. The zero-order chi connectivity index (χ0) is 31.6. The second kappa shape index (κ2) is 12.6. The van der Waals surface area contributed by atoms with Crippen LogP contribution in [0.3, 0.4) is 0 Å². The molecule has 1 aliphatic rings. The molecule has 0 saturated carbocycles. The van der Waals surface area contributed by atoms with E-state index in [0.29, 0.717) is 17.3 Å². The van der Waals surface area contributed by atoms with E-state index in [2.05, 4.69) is 24.7 Å². The summed E-state index contributed by atoms with van der Waals surface area (Å²) in [5.41, 5.74) is 3.50. The number of hydrogen-bond donors (Lipinski definition) is 1. The van der Waals surface area contributed by atoms with E-state index in [1.54, 1.807) is 29.4 Å². The van der Waals surface area contributed by atoms with E-state index in [1.165, 1.54) is 18.2 Å². The third-order valence-corrected chi connectivity index (χ3v) is 8.58. The Morgan fingerprint density at radius 2 is 1.68 bits per heavy atom. The summed E-state index contributed by atoms with van der Waals surface area (Å²) in [6.45, 7) is 11.9. The number of fused-ring (bicyclic) bond motifs is 4. The van der Waals surface area contributed by atoms with E-state index in [9.17, 15) is 13.2 Å². The van der Waals surface area contributed by atoms with Gasteiger partial charge in [0.2, 0.25) is 11.8 Å². The van der Waals surface area contributed by atoms with Crippen molar-refractivity contribution in [3.8, 4) is 22.9 Å². The molecule has 4 bridgehead atoms. The third-order valence-electron chi connectivity index (χ3n) is 7.25. The second-order valence-corrected chi connectivity index (χ2v) is 13.1. The predicted molar refractivity (Wildman–Crippen MR) is 166 cm³/mol. The molecule has 12 heteroatoms. The molecule has 0 fully saturated rings. The van der Waals surface area contributed by atoms with Gasteiger partial charge in [-0.1, -0.05) is 38.1 Å². The lowest BCUT2D eigenvalue weighted by Gasteiger charge is -2.34. The molecule has 11 nitrogen and oxygen atoms in total. The van der Waals surface area contributed by atoms with Crippen molar-refractivity contribution in [1.82, 2.24) is 24.8 Å². The highest BCUT2D eigenvalue weighted by Crippen LogP contribution is 2.30. The van der Waals surface area contributed by atoms with Gasteiger partial charge in [-0.15, -0.1) is 0 Å². The monoisotopic (exact) mass is 616 g/mol. The summed E-state index contributed by atoms with van der Waals surface area (Å²) in [7, 11) is -4.16. The molecule has 3 heterocycles. The topological polar surface area (TPSA) is 136 Å². The molecule has 5 rings (SSSR count). The lowest BCUT2D eigenvalue weighted by molar-refractivity contribution is 0.0497. The number of ether oxygens (including phenoxy) is 2. The Kier molecular flexibility index (Phi) is 8.82. The van der Waals surface area contributed by atoms with Crippen LogP contribution in [0.15, 0.2) is 65.8 Å². The first-order valence-electron chi connectivity index (χ1n) is 14.4. The molecular weight excluding hydrogens is 580 g/mol. The average Bonchev–Trinajstić information content (AvgIpc) is 2.96. The van der Waals surface area contributed by atoms with E-state index in [0.717, 1.165) is 16.7 Å². The molecule has 0 unspecified atom stereocenters. The largest absolute Gasteiger partial charge is 0.488 e. The van der Waals surface area contributed by atoms with Crippen LogP contribution < -0.4 is 14.2 Å². The number of nitrogens with one attached hydrogen (secondary N) is 1. The summed E-state index contributed by atoms with van der Waals surface area (Å²) in [5, 5.41) is 0. The average molecular weight is 617 g/mol. The van der Waals surface area contributed by atoms with E-state index in [-0.39, 0.29) is 53.4 Å². The number of carbonyl (C=O) groups is 1. The molecule has 1 N–H and O–H groups in total. The fourth-order valence-corrected chi connectivity index (χ4v) is 6.08. The number of nitrogens with zero attached hydrogens (tertiary/aromatic N) is 5. The minimum Gasteiger partial charge on any atom is -0.488 e. The highest BCUT2D eigenvalue weighted by atomic mass is 32.2. The van der Waals surface area contributed by atoms with Gasteiger partial charge in [0.1, 0.15) is 12.4 Å². The van der Waals surface area contributed by atoms with Gasteiger partial charge in [-0.05, 0) is 62.9 Å². The molecule has 0 saturated heterocycles. The highest BCUT2D eigenvalue weighted by Gasteiger charge is 2.31. The SMILES string of the molecule is Cc1cccc(C)c1-c1cc2nc(n1)NS(=O)(=O)c1cccc(c1)C(=O)N(Cc1ncc(OC(C)C)cn1)[C@H](C(C)C)CO2. The Bertz CT molecular complexity index is 1760. The zero-order valence-corrected chi connectivity index (χ0v) is 26.4. The molecule has 2 aromatic carbocycles. The quantitative estimate of drug-likeness (QED) is 0.310. The van der Waals surface area contributed by atoms with Crippen LogP contribution >= 0.6 is 0 Å². The molecule has 1 atom stereocenters. The Labute approximate surface area is 257 Å². The minimum atomic E-state index is -4.16. The number of benzene rings is 2. The maximum Gasteiger partial charge on any atom is 0.264 e. The van der Waals surface area contributed by atoms with Crippen LogP contribution in [0.2, 0.25) is 0 Å². The fraction of sp³-hybridized carbons (Fsp3) is 0.344. The predicted octanol–water partition coefficient (Wildman–Crippen LogP) is 5.20. The molecule has 4 aromatic rings. The Hall–Kier alpha value is -4.58. The van der Waals surface area contributed by atoms with Crippen LogP contribution in [-0.4, -0.2) is 57.9 Å². The standard InChI is InChI=1S/C32H36N6O5S/c1-19(2)27-18-42-29-14-26(30-21(5)9-7-10-22(30)6)35-32(36-29)37-44(40,41)25-12-8-11-23(13-25)31(39)38(27)17-28-33-15-24(16-34-28)43-20(3)4/h7-16,19-20,27H,17-18H2,1-6H3,(H,35,36,37)/t27-/m0/s1. The first-order valence-corrected chi connectivity index (χ1v) is 15.9. The summed E-state index contributed by atoms with van der Waals surface area (Å²) in [6, 6.07) is 13.0. The molecule has 230 valence electrons. The number of anilines is 1. The first-order chi connectivity index (χ1) is 20.9. The van der Waals surface area contributed by atoms with Crippen molar-refractivity contribution in [2.75, 3.05) is 11.3 Å². The van der Waals surface area contributed by atoms with Crippen LogP contribution in [0.4, 0.5) is 5.95 Å². The Morgan fingerprint density at radius 3 is 2.34 bits per heavy atom. The van der Waals surface area contributed by atoms with E-state index in [4.69, 9.17) is 9.47 Å². The van der Waals surface area contributed by atoms with Crippen molar-refractivity contribution in [3.05, 3.63) is 83.4 Å². The van der Waals surface area contributed by atoms with Gasteiger partial charge < -0.3 is 14.4 Å². The lowest BCUT2D eigenvalue weighted by Crippen LogP contribution is -2.46. The van der Waals surface area contributed by atoms with Gasteiger partial charge in [0.15, 0.2) is 5.75 Å². The molecule has 1 aliphatic heterocycles. The molecule has 44 heavy (non-hydrogen) atoms. The smallest absolute Gasteiger partial charge is 0.264 e. The van der Waals surface area contributed by atoms with Crippen LogP contribution in [-0.2, 0) is 16.6 Å². The maximum absolute atomic E-state index is 14.1. The van der Waals surface area contributed by atoms with Gasteiger partial charge in [0.05, 0.1) is 41.7 Å². The van der Waals surface area contributed by atoms with Crippen molar-refractivity contribution in [2.24, 2.45) is 5.92 Å². The van der Waals surface area contributed by atoms with Crippen LogP contribution in [0.25, 0.3) is 11.3 Å². The van der Waals surface area contributed by atoms with Gasteiger partial charge in [-0.3, -0.25) is 4.79 Å². The number of carbonyl (C=O) groups excluding carboxylic acids is 1. The number of rotatable bonds is 6. The number of hydrogen-bond acceptors (Lipinski definition) is 9. The number of amides is 1. The second-order valence-electron chi connectivity index (χ2n) is 11.4. The Morgan fingerprint density at radius 1 is 1.00 bits per heavy atom. The van der Waals surface area contributed by atoms with Crippen molar-refractivity contribution in [3.63, 3.8) is 0 Å². The van der Waals surface area contributed by atoms with Gasteiger partial charge >= 0.3 is 0 Å². The van der Waals surface area contributed by atoms with Crippen molar-refractivity contribution >= 4 is 21.9 Å². The molecular formula is C32H36N6O5S. The Balaban J connectivity index is 1.61. The lowest BCUT2D eigenvalue weighted by atomic mass is 10.00. The summed E-state index contributed by atoms with van der Waals surface area (Å²) >= 11 is 0. The summed E-state index contributed by atoms with van der Waals surface area (Å²) in [6.07, 6.45) is 3.11. The van der Waals surface area contributed by atoms with E-state index < -0.39 is 16.1 Å². The van der Waals surface area contributed by atoms with E-state index in [1.807, 2.05) is 59.7 Å². The van der Waals surface area contributed by atoms with Gasteiger partial charge in [-0.25, -0.2) is 28.1 Å². The van der Waals surface area contributed by atoms with Gasteiger partial charge in [0, 0.05) is 17.2 Å². The summed E-state index contributed by atoms with van der Waals surface area (Å²) in [4.78, 5) is 33.5. The molecule has 2 aromatic heterocycles. The van der Waals surface area contributed by atoms with Crippen molar-refractivity contribution < 1.29 is 22.7 Å². The molecule has 0 aliphatic carbocycles. The van der Waals surface area contributed by atoms with E-state index >= 15 is 0 Å². The third kappa shape index (κ3) is 6.80. The maximum atomic E-state index is 14.1. The van der Waals surface area contributed by atoms with Crippen LogP contribution in [0.1, 0.15) is 55.0 Å². The van der Waals surface area contributed by atoms with Crippen LogP contribution in [0.5, 0.6) is 11.6 Å². The van der Waals surface area contributed by atoms with Gasteiger partial charge in [0.25, 0.3) is 15.9 Å². The normalized spacial score (nSPS) is 16.4. The van der Waals surface area contributed by atoms with Crippen LogP contribution in [0, 0.1) is 19.8 Å². The molecule has 0 radical (unpaired) electrons. The van der Waals surface area contributed by atoms with Crippen molar-refractivity contribution in [2.45, 2.75) is 65.1 Å². The molecule has 0 spiro atoms. The van der Waals surface area contributed by atoms with Crippen molar-refractivity contribution in [1.29, 1.82) is 0 Å². The molecule has 1 amide bonds. The summed E-state index contributed by atoms with van der Waals surface area (Å²) in [5.74, 6) is 0.516. The number of aryl methyl sites for hydroxylation is 2. The summed E-state index contributed by atoms with van der Waals surface area (Å²) < 4.78 is 41.5.